The largest absolute Gasteiger partial charge is 0.423 e. The third kappa shape index (κ3) is 7.72. The maximum atomic E-state index is 11.9. The van der Waals surface area contributed by atoms with Crippen LogP contribution in [0.25, 0.3) is 11.4 Å². The summed E-state index contributed by atoms with van der Waals surface area (Å²) >= 11 is 0. The highest BCUT2D eigenvalue weighted by molar-refractivity contribution is 5.72. The van der Waals surface area contributed by atoms with E-state index in [1.54, 1.807) is 12.4 Å². The molecule has 0 atom stereocenters. The Morgan fingerprint density at radius 3 is 2.19 bits per heavy atom. The quantitative estimate of drug-likeness (QED) is 0.251. The van der Waals surface area contributed by atoms with Crippen LogP contribution in [-0.2, 0) is 4.79 Å². The number of carbonyl (C=O) groups excluding carboxylic acids is 1. The summed E-state index contributed by atoms with van der Waals surface area (Å²) in [6, 6.07) is 8.73. The fourth-order valence-electron chi connectivity index (χ4n) is 4.77. The summed E-state index contributed by atoms with van der Waals surface area (Å²) in [6.45, 7) is 4.44. The van der Waals surface area contributed by atoms with Gasteiger partial charge in [-0.25, -0.2) is 9.97 Å². The minimum atomic E-state index is -0.207. The number of carbonyl (C=O) groups is 1. The monoisotopic (exact) mass is 436 g/mol. The molecule has 2 aromatic rings. The van der Waals surface area contributed by atoms with E-state index in [2.05, 4.69) is 48.1 Å². The van der Waals surface area contributed by atoms with Gasteiger partial charge >= 0.3 is 5.97 Å². The molecule has 0 bridgehead atoms. The van der Waals surface area contributed by atoms with Crippen LogP contribution in [0.3, 0.4) is 0 Å². The summed E-state index contributed by atoms with van der Waals surface area (Å²) in [5, 5.41) is 0. The fraction of sp³-hybridized carbons (Fsp3) is 0.607. The van der Waals surface area contributed by atoms with Gasteiger partial charge in [0, 0.05) is 12.0 Å². The molecule has 174 valence electrons. The third-order valence-corrected chi connectivity index (χ3v) is 6.80. The van der Waals surface area contributed by atoms with Gasteiger partial charge in [-0.2, -0.15) is 0 Å². The zero-order valence-electron chi connectivity index (χ0n) is 20.0. The van der Waals surface area contributed by atoms with Crippen LogP contribution < -0.4 is 4.74 Å². The smallest absolute Gasteiger partial charge is 0.311 e. The molecule has 1 aromatic heterocycles. The lowest BCUT2D eigenvalue weighted by molar-refractivity contribution is -0.134. The van der Waals surface area contributed by atoms with Gasteiger partial charge in [0.2, 0.25) is 0 Å². The average molecular weight is 437 g/mol. The SMILES string of the molecule is CCCCCCC(=O)Oc1cnc(-c2ccc([C@H]3CC[C@H](CCCCC)CC3)cc2)nc1. The maximum absolute atomic E-state index is 11.9. The van der Waals surface area contributed by atoms with E-state index in [-0.39, 0.29) is 5.97 Å². The summed E-state index contributed by atoms with van der Waals surface area (Å²) in [4.78, 5) is 20.7. The molecule has 0 spiro atoms. The van der Waals surface area contributed by atoms with Gasteiger partial charge in [0.25, 0.3) is 0 Å². The standard InChI is InChI=1S/C28H40N2O2/c1-3-5-7-9-11-27(31)32-26-20-29-28(30-21-26)25-18-16-24(17-19-25)23-14-12-22(13-15-23)10-8-6-4-2/h16-23H,3-15H2,1-2H3/t22-,23-. The van der Waals surface area contributed by atoms with Gasteiger partial charge < -0.3 is 4.74 Å². The van der Waals surface area contributed by atoms with Crippen LogP contribution in [0.15, 0.2) is 36.7 Å². The van der Waals surface area contributed by atoms with Gasteiger partial charge in [-0.3, -0.25) is 4.79 Å². The Kier molecular flexibility index (Phi) is 10.2. The van der Waals surface area contributed by atoms with Crippen LogP contribution in [0.4, 0.5) is 0 Å². The first-order valence-electron chi connectivity index (χ1n) is 12.8. The highest BCUT2D eigenvalue weighted by Crippen LogP contribution is 2.38. The van der Waals surface area contributed by atoms with E-state index in [0.29, 0.717) is 23.9 Å². The zero-order chi connectivity index (χ0) is 22.6. The number of unbranched alkanes of at least 4 members (excludes halogenated alkanes) is 5. The summed E-state index contributed by atoms with van der Waals surface area (Å²) in [5.74, 6) is 2.50. The molecular weight excluding hydrogens is 396 g/mol. The Morgan fingerprint density at radius 2 is 1.53 bits per heavy atom. The van der Waals surface area contributed by atoms with Crippen molar-refractivity contribution in [1.82, 2.24) is 9.97 Å². The molecule has 0 amide bonds. The first-order chi connectivity index (χ1) is 15.7. The van der Waals surface area contributed by atoms with Crippen molar-refractivity contribution < 1.29 is 9.53 Å². The predicted molar refractivity (Wildman–Crippen MR) is 131 cm³/mol. The number of nitrogens with zero attached hydrogens (tertiary/aromatic N) is 2. The van der Waals surface area contributed by atoms with E-state index >= 15 is 0 Å². The van der Waals surface area contributed by atoms with Crippen molar-refractivity contribution in [3.8, 4) is 17.1 Å². The van der Waals surface area contributed by atoms with E-state index in [9.17, 15) is 4.79 Å². The van der Waals surface area contributed by atoms with Crippen molar-refractivity contribution in [3.05, 3.63) is 42.2 Å². The lowest BCUT2D eigenvalue weighted by Crippen LogP contribution is -2.13. The first-order valence-corrected chi connectivity index (χ1v) is 12.8. The second kappa shape index (κ2) is 13.3. The third-order valence-electron chi connectivity index (χ3n) is 6.80. The second-order valence-electron chi connectivity index (χ2n) is 9.36. The molecule has 4 nitrogen and oxygen atoms in total. The van der Waals surface area contributed by atoms with E-state index < -0.39 is 0 Å². The first kappa shape index (κ1) is 24.4. The highest BCUT2D eigenvalue weighted by atomic mass is 16.5. The lowest BCUT2D eigenvalue weighted by Gasteiger charge is -2.29. The maximum Gasteiger partial charge on any atom is 0.311 e. The number of esters is 1. The van der Waals surface area contributed by atoms with Crippen molar-refractivity contribution in [2.75, 3.05) is 0 Å². The molecule has 1 heterocycles. The van der Waals surface area contributed by atoms with Crippen LogP contribution in [0.1, 0.15) is 109 Å². The van der Waals surface area contributed by atoms with E-state index in [1.807, 2.05) is 0 Å². The van der Waals surface area contributed by atoms with Crippen LogP contribution >= 0.6 is 0 Å². The number of rotatable bonds is 12. The number of ether oxygens (including phenoxy) is 1. The lowest BCUT2D eigenvalue weighted by atomic mass is 9.77. The van der Waals surface area contributed by atoms with E-state index in [0.717, 1.165) is 37.2 Å². The van der Waals surface area contributed by atoms with Gasteiger partial charge in [-0.15, -0.1) is 0 Å². The number of hydrogen-bond donors (Lipinski definition) is 0. The van der Waals surface area contributed by atoms with E-state index in [4.69, 9.17) is 4.74 Å². The molecule has 4 heteroatoms. The Morgan fingerprint density at radius 1 is 0.875 bits per heavy atom. The summed E-state index contributed by atoms with van der Waals surface area (Å²) < 4.78 is 5.36. The zero-order valence-corrected chi connectivity index (χ0v) is 20.0. The Labute approximate surface area is 194 Å². The Hall–Kier alpha value is -2.23. The molecule has 32 heavy (non-hydrogen) atoms. The molecule has 1 aromatic carbocycles. The topological polar surface area (TPSA) is 52.1 Å². The second-order valence-corrected chi connectivity index (χ2v) is 9.36. The molecule has 1 aliphatic rings. The predicted octanol–water partition coefficient (Wildman–Crippen LogP) is 7.87. The van der Waals surface area contributed by atoms with Crippen LogP contribution in [0.5, 0.6) is 5.75 Å². The molecule has 0 radical (unpaired) electrons. The van der Waals surface area contributed by atoms with Crippen molar-refractivity contribution in [1.29, 1.82) is 0 Å². The van der Waals surface area contributed by atoms with Crippen molar-refractivity contribution in [2.45, 2.75) is 103 Å². The minimum Gasteiger partial charge on any atom is -0.423 e. The summed E-state index contributed by atoms with van der Waals surface area (Å²) in [5.41, 5.74) is 2.44. The van der Waals surface area contributed by atoms with Gasteiger partial charge in [-0.1, -0.05) is 83.1 Å². The molecule has 1 fully saturated rings. The fourth-order valence-corrected chi connectivity index (χ4v) is 4.77. The number of benzene rings is 1. The van der Waals surface area contributed by atoms with Gasteiger partial charge in [-0.05, 0) is 49.5 Å². The number of hydrogen-bond acceptors (Lipinski definition) is 4. The molecule has 0 aliphatic heterocycles. The molecule has 0 N–H and O–H groups in total. The van der Waals surface area contributed by atoms with E-state index in [1.165, 1.54) is 56.9 Å². The van der Waals surface area contributed by atoms with Crippen LogP contribution in [0, 0.1) is 5.92 Å². The molecule has 0 unspecified atom stereocenters. The van der Waals surface area contributed by atoms with Gasteiger partial charge in [0.15, 0.2) is 11.6 Å². The van der Waals surface area contributed by atoms with Crippen molar-refractivity contribution in [2.24, 2.45) is 5.92 Å². The molecule has 1 saturated carbocycles. The van der Waals surface area contributed by atoms with Crippen LogP contribution in [-0.4, -0.2) is 15.9 Å². The van der Waals surface area contributed by atoms with Crippen LogP contribution in [0.2, 0.25) is 0 Å². The number of aromatic nitrogens is 2. The highest BCUT2D eigenvalue weighted by Gasteiger charge is 2.22. The van der Waals surface area contributed by atoms with Crippen molar-refractivity contribution in [3.63, 3.8) is 0 Å². The molecule has 1 aliphatic carbocycles. The Bertz CT molecular complexity index is 793. The molecular formula is C28H40N2O2. The normalized spacial score (nSPS) is 18.4. The van der Waals surface area contributed by atoms with Gasteiger partial charge in [0.05, 0.1) is 12.4 Å². The van der Waals surface area contributed by atoms with Gasteiger partial charge in [0.1, 0.15) is 0 Å². The summed E-state index contributed by atoms with van der Waals surface area (Å²) in [7, 11) is 0. The molecule has 3 rings (SSSR count). The average Bonchev–Trinajstić information content (AvgIpc) is 2.83. The summed E-state index contributed by atoms with van der Waals surface area (Å²) in [6.07, 6.45) is 18.8. The minimum absolute atomic E-state index is 0.207. The Balaban J connectivity index is 1.47. The molecule has 0 saturated heterocycles. The van der Waals surface area contributed by atoms with Crippen molar-refractivity contribution >= 4 is 5.97 Å².